The molecule has 0 aliphatic heterocycles. The first kappa shape index (κ1) is 15.0. The lowest BCUT2D eigenvalue weighted by molar-refractivity contribution is 0.318. The second-order valence-electron chi connectivity index (χ2n) is 6.01. The highest BCUT2D eigenvalue weighted by Gasteiger charge is 2.14. The molecule has 0 saturated heterocycles. The van der Waals surface area contributed by atoms with Crippen molar-refractivity contribution in [1.82, 2.24) is 5.32 Å². The van der Waals surface area contributed by atoms with Crippen LogP contribution in [0.5, 0.6) is 0 Å². The quantitative estimate of drug-likeness (QED) is 0.639. The number of nitrogens with one attached hydrogen (secondary N) is 1. The van der Waals surface area contributed by atoms with Gasteiger partial charge in [-0.25, -0.2) is 0 Å². The Hall–Kier alpha value is -0.0800. The van der Waals surface area contributed by atoms with Crippen molar-refractivity contribution in [1.29, 1.82) is 0 Å². The van der Waals surface area contributed by atoms with Gasteiger partial charge in [0.1, 0.15) is 0 Å². The number of hydrogen-bond acceptors (Lipinski definition) is 2. The molecule has 0 spiro atoms. The fraction of sp³-hybridized carbons (Fsp3) is 1.00. The maximum absolute atomic E-state index is 5.67. The zero-order chi connectivity index (χ0) is 12.5. The molecule has 0 heterocycles. The highest BCUT2D eigenvalue weighted by atomic mass is 14.9. The molecular weight excluding hydrogens is 208 g/mol. The first-order chi connectivity index (χ1) is 8.24. The predicted molar refractivity (Wildman–Crippen MR) is 76.1 cm³/mol. The van der Waals surface area contributed by atoms with E-state index in [9.17, 15) is 0 Å². The van der Waals surface area contributed by atoms with Gasteiger partial charge in [0.25, 0.3) is 0 Å². The molecule has 1 aliphatic rings. The molecule has 1 aliphatic carbocycles. The first-order valence-electron chi connectivity index (χ1n) is 7.67. The highest BCUT2D eigenvalue weighted by molar-refractivity contribution is 4.72. The minimum absolute atomic E-state index is 0.785. The summed E-state index contributed by atoms with van der Waals surface area (Å²) < 4.78 is 0. The Labute approximate surface area is 108 Å². The van der Waals surface area contributed by atoms with E-state index in [2.05, 4.69) is 19.2 Å². The third kappa shape index (κ3) is 6.42. The lowest BCUT2D eigenvalue weighted by Gasteiger charge is -2.24. The molecular formula is C15H32N2. The van der Waals surface area contributed by atoms with Gasteiger partial charge < -0.3 is 11.1 Å². The lowest BCUT2D eigenvalue weighted by Crippen LogP contribution is -2.32. The van der Waals surface area contributed by atoms with Crippen molar-refractivity contribution in [3.8, 4) is 0 Å². The van der Waals surface area contributed by atoms with E-state index >= 15 is 0 Å². The van der Waals surface area contributed by atoms with Crippen LogP contribution < -0.4 is 11.1 Å². The van der Waals surface area contributed by atoms with Crippen LogP contribution in [0.3, 0.4) is 0 Å². The van der Waals surface area contributed by atoms with Crippen molar-refractivity contribution in [3.63, 3.8) is 0 Å². The zero-order valence-electron chi connectivity index (χ0n) is 11.9. The molecule has 1 atom stereocenters. The Morgan fingerprint density at radius 1 is 1.12 bits per heavy atom. The van der Waals surface area contributed by atoms with Crippen LogP contribution in [0.15, 0.2) is 0 Å². The summed E-state index contributed by atoms with van der Waals surface area (Å²) in [6.45, 7) is 6.71. The Morgan fingerprint density at radius 2 is 1.82 bits per heavy atom. The zero-order valence-corrected chi connectivity index (χ0v) is 11.9. The number of nitrogens with two attached hydrogens (primary N) is 1. The van der Waals surface area contributed by atoms with E-state index in [0.717, 1.165) is 24.4 Å². The van der Waals surface area contributed by atoms with Gasteiger partial charge >= 0.3 is 0 Å². The van der Waals surface area contributed by atoms with Crippen molar-refractivity contribution in [2.24, 2.45) is 17.6 Å². The molecule has 0 bridgehead atoms. The van der Waals surface area contributed by atoms with Gasteiger partial charge in [0.05, 0.1) is 0 Å². The van der Waals surface area contributed by atoms with Gasteiger partial charge in [-0.05, 0) is 57.0 Å². The summed E-state index contributed by atoms with van der Waals surface area (Å²) in [6, 6.07) is 0.816. The summed E-state index contributed by atoms with van der Waals surface area (Å²) in [5, 5.41) is 3.73. The largest absolute Gasteiger partial charge is 0.330 e. The summed E-state index contributed by atoms with van der Waals surface area (Å²) in [4.78, 5) is 0. The molecule has 2 heteroatoms. The van der Waals surface area contributed by atoms with Crippen molar-refractivity contribution in [3.05, 3.63) is 0 Å². The Bertz CT molecular complexity index is 174. The van der Waals surface area contributed by atoms with Gasteiger partial charge in [0, 0.05) is 6.04 Å². The molecule has 0 amide bonds. The predicted octanol–water partition coefficient (Wildman–Crippen LogP) is 3.31. The second-order valence-corrected chi connectivity index (χ2v) is 6.01. The minimum atomic E-state index is 0.785. The molecule has 0 aromatic heterocycles. The maximum atomic E-state index is 5.67. The molecule has 1 fully saturated rings. The van der Waals surface area contributed by atoms with Crippen LogP contribution in [-0.2, 0) is 0 Å². The van der Waals surface area contributed by atoms with E-state index in [0.29, 0.717) is 0 Å². The van der Waals surface area contributed by atoms with E-state index in [1.807, 2.05) is 0 Å². The van der Waals surface area contributed by atoms with E-state index in [-0.39, 0.29) is 0 Å². The average Bonchev–Trinajstić information content (AvgIpc) is 2.34. The van der Waals surface area contributed by atoms with Crippen LogP contribution in [0.4, 0.5) is 0 Å². The molecule has 0 aromatic rings. The van der Waals surface area contributed by atoms with E-state index in [1.165, 1.54) is 57.9 Å². The van der Waals surface area contributed by atoms with Crippen molar-refractivity contribution >= 4 is 0 Å². The summed E-state index contributed by atoms with van der Waals surface area (Å²) in [5.41, 5.74) is 5.67. The minimum Gasteiger partial charge on any atom is -0.330 e. The molecule has 1 unspecified atom stereocenters. The van der Waals surface area contributed by atoms with Gasteiger partial charge in [0.15, 0.2) is 0 Å². The number of hydrogen-bond donors (Lipinski definition) is 2. The summed E-state index contributed by atoms with van der Waals surface area (Å²) in [7, 11) is 0. The van der Waals surface area contributed by atoms with Gasteiger partial charge in [-0.3, -0.25) is 0 Å². The van der Waals surface area contributed by atoms with Gasteiger partial charge in [-0.2, -0.15) is 0 Å². The smallest absolute Gasteiger partial charge is 0.00670 e. The van der Waals surface area contributed by atoms with Crippen molar-refractivity contribution in [2.45, 2.75) is 71.3 Å². The lowest BCUT2D eigenvalue weighted by atomic mass is 9.88. The topological polar surface area (TPSA) is 38.0 Å². The second kappa shape index (κ2) is 8.93. The van der Waals surface area contributed by atoms with Gasteiger partial charge in [-0.1, -0.05) is 33.1 Å². The van der Waals surface area contributed by atoms with E-state index in [1.54, 1.807) is 0 Å². The SMILES string of the molecule is CC(C)C(CCN)CCCNC1CCCCC1. The third-order valence-corrected chi connectivity index (χ3v) is 4.27. The Morgan fingerprint density at radius 3 is 2.41 bits per heavy atom. The average molecular weight is 240 g/mol. The van der Waals surface area contributed by atoms with Crippen molar-refractivity contribution in [2.75, 3.05) is 13.1 Å². The molecule has 0 aromatic carbocycles. The summed E-state index contributed by atoms with van der Waals surface area (Å²) in [6.07, 6.45) is 11.0. The number of rotatable bonds is 8. The molecule has 1 saturated carbocycles. The van der Waals surface area contributed by atoms with Gasteiger partial charge in [-0.15, -0.1) is 0 Å². The van der Waals surface area contributed by atoms with Crippen LogP contribution in [0.25, 0.3) is 0 Å². The Kier molecular flexibility index (Phi) is 7.87. The standard InChI is InChI=1S/C15H32N2/c1-13(2)14(10-11-16)7-6-12-17-15-8-4-3-5-9-15/h13-15,17H,3-12,16H2,1-2H3. The third-order valence-electron chi connectivity index (χ3n) is 4.27. The normalized spacial score (nSPS) is 19.8. The fourth-order valence-electron chi connectivity index (χ4n) is 3.00. The summed E-state index contributed by atoms with van der Waals surface area (Å²) >= 11 is 0. The van der Waals surface area contributed by atoms with Crippen LogP contribution in [-0.4, -0.2) is 19.1 Å². The molecule has 2 nitrogen and oxygen atoms in total. The molecule has 17 heavy (non-hydrogen) atoms. The van der Waals surface area contributed by atoms with E-state index < -0.39 is 0 Å². The molecule has 1 rings (SSSR count). The van der Waals surface area contributed by atoms with Crippen LogP contribution >= 0.6 is 0 Å². The van der Waals surface area contributed by atoms with Gasteiger partial charge in [0.2, 0.25) is 0 Å². The molecule has 3 N–H and O–H groups in total. The summed E-state index contributed by atoms with van der Waals surface area (Å²) in [5.74, 6) is 1.61. The van der Waals surface area contributed by atoms with Crippen LogP contribution in [0.2, 0.25) is 0 Å². The fourth-order valence-corrected chi connectivity index (χ4v) is 3.00. The van der Waals surface area contributed by atoms with Crippen molar-refractivity contribution < 1.29 is 0 Å². The highest BCUT2D eigenvalue weighted by Crippen LogP contribution is 2.21. The van der Waals surface area contributed by atoms with Crippen LogP contribution in [0.1, 0.15) is 65.2 Å². The van der Waals surface area contributed by atoms with Crippen LogP contribution in [0, 0.1) is 11.8 Å². The maximum Gasteiger partial charge on any atom is 0.00670 e. The first-order valence-corrected chi connectivity index (χ1v) is 7.67. The molecule has 102 valence electrons. The molecule has 0 radical (unpaired) electrons. The van der Waals surface area contributed by atoms with E-state index in [4.69, 9.17) is 5.73 Å². The monoisotopic (exact) mass is 240 g/mol. The Balaban J connectivity index is 2.04.